The first-order valence-corrected chi connectivity index (χ1v) is 13.6. The van der Waals surface area contributed by atoms with E-state index < -0.39 is 41.1 Å². The van der Waals surface area contributed by atoms with Crippen LogP contribution in [0.25, 0.3) is 0 Å². The van der Waals surface area contributed by atoms with Crippen molar-refractivity contribution in [2.24, 2.45) is 5.92 Å². The van der Waals surface area contributed by atoms with Crippen LogP contribution in [0.2, 0.25) is 0 Å². The smallest absolute Gasteiger partial charge is 0.548 e. The summed E-state index contributed by atoms with van der Waals surface area (Å²) < 4.78 is 0. The summed E-state index contributed by atoms with van der Waals surface area (Å²) in [5.41, 5.74) is -2.80. The van der Waals surface area contributed by atoms with E-state index >= 15 is 0 Å². The zero-order chi connectivity index (χ0) is 29.9. The number of amides is 2. The van der Waals surface area contributed by atoms with Gasteiger partial charge < -0.3 is 34.7 Å². The summed E-state index contributed by atoms with van der Waals surface area (Å²) in [5, 5.41) is 39.3. The topological polar surface area (TPSA) is 124 Å². The molecule has 0 aromatic heterocycles. The molecule has 1 aliphatic rings. The Morgan fingerprint density at radius 2 is 1.14 bits per heavy atom. The Bertz CT molecular complexity index is 1520. The molecule has 0 radical (unpaired) electrons. The number of carboxylic acid groups (broad SMARTS) is 2. The average Bonchev–Trinajstić information content (AvgIpc) is 3.26. The van der Waals surface area contributed by atoms with Crippen LogP contribution in [-0.4, -0.2) is 44.5 Å². The van der Waals surface area contributed by atoms with E-state index in [1.54, 1.807) is 121 Å². The second-order valence-electron chi connectivity index (χ2n) is 10.5. The monoisotopic (exact) mass is 640 g/mol. The van der Waals surface area contributed by atoms with Gasteiger partial charge in [-0.2, -0.15) is 0 Å². The first-order chi connectivity index (χ1) is 20.2. The fourth-order valence-corrected chi connectivity index (χ4v) is 6.26. The summed E-state index contributed by atoms with van der Waals surface area (Å²) in [6, 6.07) is 31.4. The van der Waals surface area contributed by atoms with Gasteiger partial charge in [0.2, 0.25) is 0 Å². The number of carboxylic acids is 2. The Kier molecular flexibility index (Phi) is 13.2. The van der Waals surface area contributed by atoms with Gasteiger partial charge in [-0.05, 0) is 22.3 Å². The molecular weight excluding hydrogens is 611 g/mol. The van der Waals surface area contributed by atoms with Crippen molar-refractivity contribution in [3.63, 3.8) is 0 Å². The molecule has 0 spiro atoms. The van der Waals surface area contributed by atoms with Crippen molar-refractivity contribution >= 4 is 18.0 Å². The number of rotatable bonds is 10. The van der Waals surface area contributed by atoms with Gasteiger partial charge in [0.1, 0.15) is 17.2 Å². The van der Waals surface area contributed by atoms with E-state index in [4.69, 9.17) is 0 Å². The fourth-order valence-electron chi connectivity index (χ4n) is 6.26. The maximum atomic E-state index is 14.2. The second-order valence-corrected chi connectivity index (χ2v) is 10.5. The Hall–Kier alpha value is -1.68. The quantitative estimate of drug-likeness (QED) is 0.178. The van der Waals surface area contributed by atoms with Gasteiger partial charge in [0.15, 0.2) is 0 Å². The number of benzene rings is 4. The van der Waals surface area contributed by atoms with Crippen molar-refractivity contribution in [3.8, 4) is 0 Å². The number of carbonyl (C=O) groups excluding carboxylic acids is 3. The van der Waals surface area contributed by atoms with Crippen LogP contribution in [0.3, 0.4) is 0 Å². The third kappa shape index (κ3) is 6.72. The molecule has 4 aromatic rings. The standard InChI is InChI=1S/C34H32N2O6.2K/c1-24(34(42,27-18-10-4-11-19-27)28-20-12-5-13-21-28)33(31(39)40)29(30(37)38)35(22-25-14-6-2-7-15-25)32(41)36(33)23-26-16-8-3-9-17-26;;/h2-21,24,29,42H,22-23H2,1H3,(H,37,38)(H,39,40);;/q;2*+1/p-2/t24-,29-,33-;;/m1../s1. The normalized spacial score (nSPS) is 18.6. The van der Waals surface area contributed by atoms with Crippen LogP contribution >= 0.6 is 0 Å². The predicted molar refractivity (Wildman–Crippen MR) is 151 cm³/mol. The van der Waals surface area contributed by atoms with Crippen molar-refractivity contribution in [1.29, 1.82) is 0 Å². The molecule has 3 atom stereocenters. The summed E-state index contributed by atoms with van der Waals surface area (Å²) in [6.07, 6.45) is 0. The van der Waals surface area contributed by atoms with Crippen LogP contribution < -0.4 is 113 Å². The molecule has 1 fully saturated rings. The van der Waals surface area contributed by atoms with E-state index in [1.807, 2.05) is 0 Å². The Morgan fingerprint density at radius 1 is 0.750 bits per heavy atom. The van der Waals surface area contributed by atoms with Crippen LogP contribution in [0.1, 0.15) is 29.2 Å². The number of hydrogen-bond acceptors (Lipinski definition) is 6. The molecule has 1 aliphatic heterocycles. The van der Waals surface area contributed by atoms with Crippen LogP contribution in [0.5, 0.6) is 0 Å². The molecule has 1 heterocycles. The molecule has 8 nitrogen and oxygen atoms in total. The zero-order valence-electron chi connectivity index (χ0n) is 25.0. The summed E-state index contributed by atoms with van der Waals surface area (Å²) in [5.74, 6) is -5.03. The van der Waals surface area contributed by atoms with Crippen LogP contribution in [0.15, 0.2) is 121 Å². The Balaban J connectivity index is 0.00000264. The van der Waals surface area contributed by atoms with Gasteiger partial charge >= 0.3 is 109 Å². The second kappa shape index (κ2) is 15.7. The molecular formula is C34H30K2N2O6. The SMILES string of the molecule is C[C@@H](C(O)(c1ccccc1)c1ccccc1)[C@]1(C(=O)[O-])[C@@H](C(=O)[O-])N(Cc2ccccc2)C(=O)N1Cc1ccccc1.[K+].[K+]. The molecule has 10 heteroatoms. The van der Waals surface area contributed by atoms with E-state index in [2.05, 4.69) is 0 Å². The van der Waals surface area contributed by atoms with E-state index in [0.29, 0.717) is 22.3 Å². The fraction of sp³-hybridized carbons (Fsp3) is 0.206. The molecule has 214 valence electrons. The van der Waals surface area contributed by atoms with Crippen molar-refractivity contribution in [2.75, 3.05) is 0 Å². The number of urea groups is 1. The van der Waals surface area contributed by atoms with Gasteiger partial charge in [-0.15, -0.1) is 0 Å². The molecule has 0 aliphatic carbocycles. The van der Waals surface area contributed by atoms with Gasteiger partial charge in [0, 0.05) is 19.0 Å². The molecule has 1 N–H and O–H groups in total. The molecule has 0 saturated carbocycles. The van der Waals surface area contributed by atoms with Crippen molar-refractivity contribution < 1.29 is 132 Å². The largest absolute Gasteiger partial charge is 1.00 e. The van der Waals surface area contributed by atoms with Gasteiger partial charge in [0.25, 0.3) is 0 Å². The molecule has 0 bridgehead atoms. The summed E-state index contributed by atoms with van der Waals surface area (Å²) >= 11 is 0. The molecule has 0 unspecified atom stereocenters. The minimum atomic E-state index is -2.57. The van der Waals surface area contributed by atoms with Gasteiger partial charge in [-0.3, -0.25) is 0 Å². The number of aliphatic hydroxyl groups is 1. The molecule has 44 heavy (non-hydrogen) atoms. The van der Waals surface area contributed by atoms with E-state index in [0.717, 1.165) is 9.80 Å². The third-order valence-corrected chi connectivity index (χ3v) is 8.30. The molecule has 1 saturated heterocycles. The third-order valence-electron chi connectivity index (χ3n) is 8.30. The minimum absolute atomic E-state index is 0. The van der Waals surface area contributed by atoms with E-state index in [1.165, 1.54) is 6.92 Å². The first kappa shape index (κ1) is 36.8. The molecule has 5 rings (SSSR count). The molecule has 2 amide bonds. The van der Waals surface area contributed by atoms with Crippen molar-refractivity contribution in [2.45, 2.75) is 37.2 Å². The molecule has 4 aromatic carbocycles. The number of aliphatic carboxylic acids is 2. The Morgan fingerprint density at radius 3 is 1.52 bits per heavy atom. The summed E-state index contributed by atoms with van der Waals surface area (Å²) in [7, 11) is 0. The number of hydrogen-bond donors (Lipinski definition) is 1. The summed E-state index contributed by atoms with van der Waals surface area (Å²) in [4.78, 5) is 42.9. The van der Waals surface area contributed by atoms with Crippen molar-refractivity contribution in [1.82, 2.24) is 9.80 Å². The first-order valence-electron chi connectivity index (χ1n) is 13.6. The van der Waals surface area contributed by atoms with E-state index in [-0.39, 0.29) is 116 Å². The van der Waals surface area contributed by atoms with Gasteiger partial charge in [0.05, 0.1) is 11.9 Å². The van der Waals surface area contributed by atoms with Crippen LogP contribution in [-0.2, 0) is 28.3 Å². The van der Waals surface area contributed by atoms with Gasteiger partial charge in [-0.25, -0.2) is 4.79 Å². The van der Waals surface area contributed by atoms with Crippen molar-refractivity contribution in [3.05, 3.63) is 144 Å². The summed E-state index contributed by atoms with van der Waals surface area (Å²) in [6.45, 7) is 1.01. The average molecular weight is 641 g/mol. The van der Waals surface area contributed by atoms with Gasteiger partial charge in [-0.1, -0.05) is 128 Å². The van der Waals surface area contributed by atoms with Crippen LogP contribution in [0, 0.1) is 5.92 Å². The van der Waals surface area contributed by atoms with Crippen LogP contribution in [0.4, 0.5) is 4.79 Å². The zero-order valence-corrected chi connectivity index (χ0v) is 31.2. The number of nitrogens with zero attached hydrogens (tertiary/aromatic N) is 2. The predicted octanol–water partition coefficient (Wildman–Crippen LogP) is -3.69. The number of carbonyl (C=O) groups is 3. The Labute approximate surface area is 341 Å². The minimum Gasteiger partial charge on any atom is -0.548 e. The van der Waals surface area contributed by atoms with E-state index in [9.17, 15) is 29.7 Å². The maximum absolute atomic E-state index is 14.2. The maximum Gasteiger partial charge on any atom is 1.00 e.